The molecule has 0 aliphatic carbocycles. The fourth-order valence-corrected chi connectivity index (χ4v) is 2.94. The van der Waals surface area contributed by atoms with Crippen LogP contribution in [0.4, 0.5) is 11.5 Å². The Morgan fingerprint density at radius 1 is 1.19 bits per heavy atom. The van der Waals surface area contributed by atoms with Gasteiger partial charge >= 0.3 is 5.97 Å². The van der Waals surface area contributed by atoms with Gasteiger partial charge < -0.3 is 15.0 Å². The minimum Gasteiger partial charge on any atom is -0.452 e. The summed E-state index contributed by atoms with van der Waals surface area (Å²) in [4.78, 5) is 30.8. The van der Waals surface area contributed by atoms with Crippen molar-refractivity contribution in [2.24, 2.45) is 0 Å². The maximum Gasteiger partial charge on any atom is 0.342 e. The Balaban J connectivity index is 1.56. The molecule has 1 fully saturated rings. The molecule has 1 aromatic carbocycles. The van der Waals surface area contributed by atoms with E-state index < -0.39 is 11.9 Å². The lowest BCUT2D eigenvalue weighted by molar-refractivity contribution is -0.119. The maximum absolute atomic E-state index is 12.4. The summed E-state index contributed by atoms with van der Waals surface area (Å²) in [6.07, 6.45) is 4.10. The number of benzene rings is 1. The number of nitriles is 1. The highest BCUT2D eigenvalue weighted by Gasteiger charge is 2.22. The van der Waals surface area contributed by atoms with Crippen LogP contribution in [0.2, 0.25) is 0 Å². The normalized spacial score (nSPS) is 13.1. The Bertz CT molecular complexity index is 852. The Labute approximate surface area is 157 Å². The highest BCUT2D eigenvalue weighted by molar-refractivity contribution is 5.98. The molecule has 0 spiro atoms. The van der Waals surface area contributed by atoms with Crippen LogP contribution in [0.5, 0.6) is 0 Å². The molecule has 3 rings (SSSR count). The number of aromatic nitrogens is 1. The van der Waals surface area contributed by atoms with Crippen LogP contribution in [0.1, 0.15) is 28.8 Å². The molecule has 7 nitrogen and oxygen atoms in total. The van der Waals surface area contributed by atoms with E-state index in [2.05, 4.69) is 21.3 Å². The SMILES string of the molecule is N#CCc1ccc(NC(=O)COC(=O)c2cccnc2N2CCCC2)cc1. The van der Waals surface area contributed by atoms with E-state index in [1.165, 1.54) is 0 Å². The molecule has 0 atom stereocenters. The number of carbonyl (C=O) groups is 2. The minimum absolute atomic E-state index is 0.316. The smallest absolute Gasteiger partial charge is 0.342 e. The van der Waals surface area contributed by atoms with Gasteiger partial charge in [-0.05, 0) is 42.7 Å². The highest BCUT2D eigenvalue weighted by atomic mass is 16.5. The number of ether oxygens (including phenoxy) is 1. The van der Waals surface area contributed by atoms with E-state index in [4.69, 9.17) is 10.00 Å². The molecule has 1 N–H and O–H groups in total. The standard InChI is InChI=1S/C20H20N4O3/c21-10-9-15-5-7-16(8-6-15)23-18(25)14-27-20(26)17-4-3-11-22-19(17)24-12-1-2-13-24/h3-8,11H,1-2,9,12-14H2,(H,23,25). The van der Waals surface area contributed by atoms with Crippen LogP contribution in [0.3, 0.4) is 0 Å². The molecule has 7 heteroatoms. The van der Waals surface area contributed by atoms with Gasteiger partial charge in [-0.3, -0.25) is 4.79 Å². The van der Waals surface area contributed by atoms with Gasteiger partial charge in [-0.2, -0.15) is 5.26 Å². The molecule has 0 saturated carbocycles. The average Bonchev–Trinajstić information content (AvgIpc) is 3.22. The summed E-state index contributed by atoms with van der Waals surface area (Å²) in [5.74, 6) is -0.388. The van der Waals surface area contributed by atoms with Crippen molar-refractivity contribution in [3.8, 4) is 6.07 Å². The second kappa shape index (κ2) is 8.81. The largest absolute Gasteiger partial charge is 0.452 e. The number of rotatable bonds is 6. The lowest BCUT2D eigenvalue weighted by Crippen LogP contribution is -2.24. The van der Waals surface area contributed by atoms with Crippen molar-refractivity contribution in [1.82, 2.24) is 4.98 Å². The van der Waals surface area contributed by atoms with Crippen LogP contribution >= 0.6 is 0 Å². The topological polar surface area (TPSA) is 95.3 Å². The predicted octanol–water partition coefficient (Wildman–Crippen LogP) is 2.54. The summed E-state index contributed by atoms with van der Waals surface area (Å²) < 4.78 is 5.16. The third-order valence-electron chi connectivity index (χ3n) is 4.27. The van der Waals surface area contributed by atoms with E-state index in [0.29, 0.717) is 23.5 Å². The third-order valence-corrected chi connectivity index (χ3v) is 4.27. The maximum atomic E-state index is 12.4. The number of carbonyl (C=O) groups excluding carboxylic acids is 2. The van der Waals surface area contributed by atoms with Crippen LogP contribution in [0, 0.1) is 11.3 Å². The van der Waals surface area contributed by atoms with Crippen LogP contribution in [0.25, 0.3) is 0 Å². The first kappa shape index (κ1) is 18.4. The molecule has 1 amide bonds. The van der Waals surface area contributed by atoms with Gasteiger partial charge in [0, 0.05) is 25.0 Å². The molecule has 1 aromatic heterocycles. The van der Waals surface area contributed by atoms with Crippen LogP contribution in [-0.2, 0) is 16.0 Å². The van der Waals surface area contributed by atoms with Crippen molar-refractivity contribution < 1.29 is 14.3 Å². The van der Waals surface area contributed by atoms with Crippen molar-refractivity contribution in [3.05, 3.63) is 53.7 Å². The highest BCUT2D eigenvalue weighted by Crippen LogP contribution is 2.22. The summed E-state index contributed by atoms with van der Waals surface area (Å²) in [6.45, 7) is 1.34. The molecule has 1 aliphatic heterocycles. The number of nitrogens with zero attached hydrogens (tertiary/aromatic N) is 3. The first-order valence-corrected chi connectivity index (χ1v) is 8.80. The quantitative estimate of drug-likeness (QED) is 0.792. The van der Waals surface area contributed by atoms with Crippen molar-refractivity contribution in [2.45, 2.75) is 19.3 Å². The zero-order valence-corrected chi connectivity index (χ0v) is 14.9. The lowest BCUT2D eigenvalue weighted by atomic mass is 10.1. The molecule has 0 bridgehead atoms. The molecule has 138 valence electrons. The van der Waals surface area contributed by atoms with Gasteiger partial charge in [0.1, 0.15) is 11.4 Å². The van der Waals surface area contributed by atoms with Crippen molar-refractivity contribution in [1.29, 1.82) is 5.26 Å². The minimum atomic E-state index is -0.565. The monoisotopic (exact) mass is 364 g/mol. The molecule has 1 saturated heterocycles. The summed E-state index contributed by atoms with van der Waals surface area (Å²) in [6, 6.07) is 12.4. The van der Waals surface area contributed by atoms with Gasteiger partial charge in [0.2, 0.25) is 0 Å². The molecule has 2 aromatic rings. The second-order valence-corrected chi connectivity index (χ2v) is 6.22. The van der Waals surface area contributed by atoms with E-state index in [-0.39, 0.29) is 6.61 Å². The van der Waals surface area contributed by atoms with E-state index in [0.717, 1.165) is 31.5 Å². The number of hydrogen-bond acceptors (Lipinski definition) is 6. The number of nitrogens with one attached hydrogen (secondary N) is 1. The van der Waals surface area contributed by atoms with Gasteiger partial charge in [0.15, 0.2) is 6.61 Å². The van der Waals surface area contributed by atoms with E-state index in [9.17, 15) is 9.59 Å². The molecule has 0 radical (unpaired) electrons. The zero-order valence-electron chi connectivity index (χ0n) is 14.9. The summed E-state index contributed by atoms with van der Waals surface area (Å²) in [7, 11) is 0. The van der Waals surface area contributed by atoms with Crippen LogP contribution in [0.15, 0.2) is 42.6 Å². The van der Waals surface area contributed by atoms with E-state index in [1.807, 2.05) is 0 Å². The second-order valence-electron chi connectivity index (χ2n) is 6.22. The van der Waals surface area contributed by atoms with E-state index >= 15 is 0 Å². The number of hydrogen-bond donors (Lipinski definition) is 1. The number of amides is 1. The molecule has 1 aliphatic rings. The predicted molar refractivity (Wildman–Crippen MR) is 100 cm³/mol. The van der Waals surface area contributed by atoms with Gasteiger partial charge in [0.05, 0.1) is 12.5 Å². The zero-order chi connectivity index (χ0) is 19.1. The lowest BCUT2D eigenvalue weighted by Gasteiger charge is -2.18. The Morgan fingerprint density at radius 2 is 1.93 bits per heavy atom. The molecular weight excluding hydrogens is 344 g/mol. The Morgan fingerprint density at radius 3 is 2.63 bits per heavy atom. The Hall–Kier alpha value is -3.40. The third kappa shape index (κ3) is 4.82. The Kier molecular flexibility index (Phi) is 6.00. The van der Waals surface area contributed by atoms with Gasteiger partial charge in [-0.15, -0.1) is 0 Å². The molecular formula is C20H20N4O3. The summed E-state index contributed by atoms with van der Waals surface area (Å²) in [5, 5.41) is 11.3. The van der Waals surface area contributed by atoms with E-state index in [1.54, 1.807) is 42.6 Å². The van der Waals surface area contributed by atoms with Gasteiger partial charge in [0.25, 0.3) is 5.91 Å². The first-order valence-electron chi connectivity index (χ1n) is 8.80. The molecule has 0 unspecified atom stereocenters. The van der Waals surface area contributed by atoms with Gasteiger partial charge in [-0.25, -0.2) is 9.78 Å². The van der Waals surface area contributed by atoms with Crippen LogP contribution < -0.4 is 10.2 Å². The van der Waals surface area contributed by atoms with Crippen molar-refractivity contribution >= 4 is 23.4 Å². The van der Waals surface area contributed by atoms with Crippen molar-refractivity contribution in [3.63, 3.8) is 0 Å². The van der Waals surface area contributed by atoms with Gasteiger partial charge in [-0.1, -0.05) is 12.1 Å². The number of esters is 1. The fourth-order valence-electron chi connectivity index (χ4n) is 2.94. The molecule has 27 heavy (non-hydrogen) atoms. The summed E-state index contributed by atoms with van der Waals surface area (Å²) >= 11 is 0. The molecule has 2 heterocycles. The number of anilines is 2. The average molecular weight is 364 g/mol. The summed E-state index contributed by atoms with van der Waals surface area (Å²) in [5.41, 5.74) is 1.82. The van der Waals surface area contributed by atoms with Crippen LogP contribution in [-0.4, -0.2) is 36.6 Å². The number of pyridine rings is 1. The fraction of sp³-hybridized carbons (Fsp3) is 0.300. The van der Waals surface area contributed by atoms with Crippen molar-refractivity contribution in [2.75, 3.05) is 29.9 Å². The first-order chi connectivity index (χ1) is 13.2.